The summed E-state index contributed by atoms with van der Waals surface area (Å²) in [5, 5.41) is 0. The summed E-state index contributed by atoms with van der Waals surface area (Å²) in [7, 11) is 2.18. The fourth-order valence-electron chi connectivity index (χ4n) is 2.05. The Balaban J connectivity index is 2.39. The minimum atomic E-state index is 0.433. The van der Waals surface area contributed by atoms with Gasteiger partial charge < -0.3 is 10.6 Å². The van der Waals surface area contributed by atoms with Crippen LogP contribution in [0.25, 0.3) is 0 Å². The second-order valence-corrected chi connectivity index (χ2v) is 6.00. The van der Waals surface area contributed by atoms with Crippen LogP contribution in [0.3, 0.4) is 0 Å². The van der Waals surface area contributed by atoms with Gasteiger partial charge in [0.15, 0.2) is 0 Å². The molecule has 1 fully saturated rings. The molecule has 0 bridgehead atoms. The van der Waals surface area contributed by atoms with Crippen LogP contribution < -0.4 is 5.73 Å². The number of likely N-dealkylation sites (N-methyl/N-ethyl adjacent to an activating group) is 1. The van der Waals surface area contributed by atoms with Gasteiger partial charge in [0.25, 0.3) is 0 Å². The molecule has 3 heteroatoms. The summed E-state index contributed by atoms with van der Waals surface area (Å²) < 4.78 is 0. The molecule has 1 unspecified atom stereocenters. The van der Waals surface area contributed by atoms with E-state index in [0.717, 1.165) is 13.1 Å². The van der Waals surface area contributed by atoms with Gasteiger partial charge in [-0.15, -0.1) is 0 Å². The minimum absolute atomic E-state index is 0.433. The quantitative estimate of drug-likeness (QED) is 0.759. The second kappa shape index (κ2) is 5.28. The molecular weight excluding hydrogens is 186 g/mol. The lowest BCUT2D eigenvalue weighted by Crippen LogP contribution is -2.55. The molecule has 1 aliphatic heterocycles. The van der Waals surface area contributed by atoms with Crippen molar-refractivity contribution >= 4 is 0 Å². The van der Waals surface area contributed by atoms with Crippen LogP contribution in [0, 0.1) is 5.41 Å². The van der Waals surface area contributed by atoms with E-state index in [0.29, 0.717) is 11.5 Å². The molecule has 1 rings (SSSR count). The van der Waals surface area contributed by atoms with Crippen molar-refractivity contribution < 1.29 is 0 Å². The molecule has 0 aliphatic carbocycles. The summed E-state index contributed by atoms with van der Waals surface area (Å²) in [6, 6.07) is 0.561. The van der Waals surface area contributed by atoms with E-state index in [1.165, 1.54) is 26.1 Å². The molecule has 1 aliphatic rings. The molecule has 1 heterocycles. The van der Waals surface area contributed by atoms with Crippen LogP contribution in [0.2, 0.25) is 0 Å². The van der Waals surface area contributed by atoms with Crippen LogP contribution >= 0.6 is 0 Å². The summed E-state index contributed by atoms with van der Waals surface area (Å²) in [4.78, 5) is 4.94. The molecule has 1 atom stereocenters. The van der Waals surface area contributed by atoms with E-state index < -0.39 is 0 Å². The van der Waals surface area contributed by atoms with Gasteiger partial charge in [-0.3, -0.25) is 4.90 Å². The smallest absolute Gasteiger partial charge is 0.0346 e. The number of hydrogen-bond donors (Lipinski definition) is 1. The van der Waals surface area contributed by atoms with E-state index in [1.54, 1.807) is 0 Å². The molecule has 2 N–H and O–H groups in total. The molecule has 0 aromatic carbocycles. The number of nitrogens with zero attached hydrogens (tertiary/aromatic N) is 2. The molecule has 1 saturated heterocycles. The number of hydrogen-bond acceptors (Lipinski definition) is 3. The van der Waals surface area contributed by atoms with Gasteiger partial charge in [0.1, 0.15) is 0 Å². The van der Waals surface area contributed by atoms with Crippen molar-refractivity contribution in [2.75, 3.05) is 39.8 Å². The van der Waals surface area contributed by atoms with E-state index in [2.05, 4.69) is 37.6 Å². The third-order valence-electron chi connectivity index (χ3n) is 3.23. The second-order valence-electron chi connectivity index (χ2n) is 6.00. The molecule has 0 aromatic rings. The van der Waals surface area contributed by atoms with Gasteiger partial charge in [-0.25, -0.2) is 0 Å². The van der Waals surface area contributed by atoms with Gasteiger partial charge in [-0.1, -0.05) is 20.8 Å². The van der Waals surface area contributed by atoms with Crippen molar-refractivity contribution in [2.24, 2.45) is 11.1 Å². The van der Waals surface area contributed by atoms with Crippen molar-refractivity contribution in [3.8, 4) is 0 Å². The standard InChI is InChI=1S/C12H27N3/c1-12(2,3)5-6-15-8-7-14(4)10-11(15)9-13/h11H,5-10,13H2,1-4H3. The topological polar surface area (TPSA) is 32.5 Å². The van der Waals surface area contributed by atoms with Crippen molar-refractivity contribution in [3.05, 3.63) is 0 Å². The first kappa shape index (κ1) is 12.9. The summed E-state index contributed by atoms with van der Waals surface area (Å²) in [5.74, 6) is 0. The Morgan fingerprint density at radius 3 is 2.47 bits per heavy atom. The Bertz CT molecular complexity index is 186. The fourth-order valence-corrected chi connectivity index (χ4v) is 2.05. The molecule has 15 heavy (non-hydrogen) atoms. The lowest BCUT2D eigenvalue weighted by molar-refractivity contribution is 0.0840. The van der Waals surface area contributed by atoms with Gasteiger partial charge in [0.2, 0.25) is 0 Å². The third-order valence-corrected chi connectivity index (χ3v) is 3.23. The van der Waals surface area contributed by atoms with E-state index >= 15 is 0 Å². The van der Waals surface area contributed by atoms with Crippen molar-refractivity contribution in [2.45, 2.75) is 33.2 Å². The number of rotatable bonds is 3. The maximum atomic E-state index is 5.83. The van der Waals surface area contributed by atoms with Gasteiger partial charge in [0, 0.05) is 32.2 Å². The van der Waals surface area contributed by atoms with Crippen LogP contribution in [0.5, 0.6) is 0 Å². The van der Waals surface area contributed by atoms with Gasteiger partial charge in [-0.05, 0) is 25.4 Å². The largest absolute Gasteiger partial charge is 0.329 e. The van der Waals surface area contributed by atoms with Crippen molar-refractivity contribution in [1.82, 2.24) is 9.80 Å². The first-order chi connectivity index (χ1) is 6.92. The summed E-state index contributed by atoms with van der Waals surface area (Å²) in [6.45, 7) is 12.4. The van der Waals surface area contributed by atoms with Crippen LogP contribution in [0.15, 0.2) is 0 Å². The lowest BCUT2D eigenvalue weighted by atomic mass is 9.91. The minimum Gasteiger partial charge on any atom is -0.329 e. The highest BCUT2D eigenvalue weighted by Gasteiger charge is 2.24. The van der Waals surface area contributed by atoms with Crippen molar-refractivity contribution in [1.29, 1.82) is 0 Å². The molecule has 90 valence electrons. The van der Waals surface area contributed by atoms with Crippen LogP contribution in [0.1, 0.15) is 27.2 Å². The third kappa shape index (κ3) is 4.49. The molecule has 0 spiro atoms. The SMILES string of the molecule is CN1CCN(CCC(C)(C)C)C(CN)C1. The highest BCUT2D eigenvalue weighted by atomic mass is 15.3. The zero-order valence-corrected chi connectivity index (χ0v) is 10.8. The molecule has 3 nitrogen and oxygen atoms in total. The monoisotopic (exact) mass is 213 g/mol. The van der Waals surface area contributed by atoms with Crippen LogP contribution in [-0.2, 0) is 0 Å². The number of nitrogens with two attached hydrogens (primary N) is 1. The Kier molecular flexibility index (Phi) is 4.56. The van der Waals surface area contributed by atoms with E-state index in [1.807, 2.05) is 0 Å². The van der Waals surface area contributed by atoms with Crippen LogP contribution in [-0.4, -0.2) is 55.6 Å². The summed E-state index contributed by atoms with van der Waals surface area (Å²) in [5.41, 5.74) is 6.26. The molecular formula is C12H27N3. The molecule has 0 aromatic heterocycles. The lowest BCUT2D eigenvalue weighted by Gasteiger charge is -2.40. The first-order valence-electron chi connectivity index (χ1n) is 6.05. The Hall–Kier alpha value is -0.120. The highest BCUT2D eigenvalue weighted by Crippen LogP contribution is 2.20. The Morgan fingerprint density at radius 2 is 1.93 bits per heavy atom. The van der Waals surface area contributed by atoms with Gasteiger partial charge >= 0.3 is 0 Å². The molecule has 0 amide bonds. The van der Waals surface area contributed by atoms with Gasteiger partial charge in [0.05, 0.1) is 0 Å². The highest BCUT2D eigenvalue weighted by molar-refractivity contribution is 4.82. The maximum absolute atomic E-state index is 5.83. The average Bonchev–Trinajstić information content (AvgIpc) is 2.14. The average molecular weight is 213 g/mol. The summed E-state index contributed by atoms with van der Waals surface area (Å²) in [6.07, 6.45) is 1.26. The predicted molar refractivity (Wildman–Crippen MR) is 66.0 cm³/mol. The Labute approximate surface area is 94.6 Å². The zero-order valence-electron chi connectivity index (χ0n) is 10.8. The predicted octanol–water partition coefficient (Wildman–Crippen LogP) is 0.997. The van der Waals surface area contributed by atoms with Crippen molar-refractivity contribution in [3.63, 3.8) is 0 Å². The Morgan fingerprint density at radius 1 is 1.27 bits per heavy atom. The number of piperazine rings is 1. The van der Waals surface area contributed by atoms with E-state index in [4.69, 9.17) is 5.73 Å². The molecule has 0 saturated carbocycles. The normalized spacial score (nSPS) is 25.8. The van der Waals surface area contributed by atoms with Crippen LogP contribution in [0.4, 0.5) is 0 Å². The van der Waals surface area contributed by atoms with Gasteiger partial charge in [-0.2, -0.15) is 0 Å². The molecule has 0 radical (unpaired) electrons. The van der Waals surface area contributed by atoms with E-state index in [-0.39, 0.29) is 0 Å². The first-order valence-corrected chi connectivity index (χ1v) is 6.05. The summed E-state index contributed by atoms with van der Waals surface area (Å²) >= 11 is 0. The zero-order chi connectivity index (χ0) is 11.5. The fraction of sp³-hybridized carbons (Fsp3) is 1.00. The maximum Gasteiger partial charge on any atom is 0.0346 e. The van der Waals surface area contributed by atoms with E-state index in [9.17, 15) is 0 Å².